The Morgan fingerprint density at radius 2 is 1.61 bits per heavy atom. The first-order valence-electron chi connectivity index (χ1n) is 10.1. The van der Waals surface area contributed by atoms with Gasteiger partial charge in [-0.25, -0.2) is 4.79 Å². The average molecular weight is 454 g/mol. The zero-order chi connectivity index (χ0) is 23.6. The van der Waals surface area contributed by atoms with Gasteiger partial charge >= 0.3 is 18.4 Å². The number of rotatable bonds is 4. The number of benzene rings is 1. The molecule has 0 aromatic heterocycles. The molecule has 10 heteroatoms. The van der Waals surface area contributed by atoms with Crippen LogP contribution in [0.4, 0.5) is 31.1 Å². The molecule has 31 heavy (non-hydrogen) atoms. The number of hydrogen-bond donors (Lipinski definition) is 1. The van der Waals surface area contributed by atoms with Crippen LogP contribution in [0, 0.1) is 0 Å². The van der Waals surface area contributed by atoms with Crippen molar-refractivity contribution in [2.75, 3.05) is 6.54 Å². The van der Waals surface area contributed by atoms with Crippen molar-refractivity contribution in [3.63, 3.8) is 0 Å². The lowest BCUT2D eigenvalue weighted by atomic mass is 9.95. The lowest BCUT2D eigenvalue weighted by Crippen LogP contribution is -2.51. The van der Waals surface area contributed by atoms with Crippen molar-refractivity contribution in [1.29, 1.82) is 0 Å². The molecule has 1 fully saturated rings. The highest BCUT2D eigenvalue weighted by Crippen LogP contribution is 2.36. The zero-order valence-electron chi connectivity index (χ0n) is 18.0. The third-order valence-corrected chi connectivity index (χ3v) is 5.06. The van der Waals surface area contributed by atoms with Gasteiger partial charge in [-0.2, -0.15) is 26.3 Å². The summed E-state index contributed by atoms with van der Waals surface area (Å²) < 4.78 is 83.6. The quantitative estimate of drug-likeness (QED) is 0.568. The van der Waals surface area contributed by atoms with Crippen LogP contribution in [0.1, 0.15) is 63.6 Å². The van der Waals surface area contributed by atoms with E-state index in [-0.39, 0.29) is 30.3 Å². The second kappa shape index (κ2) is 9.26. The van der Waals surface area contributed by atoms with Gasteiger partial charge in [-0.15, -0.1) is 0 Å². The normalized spacial score (nSPS) is 20.6. The first-order valence-corrected chi connectivity index (χ1v) is 10.1. The molecule has 1 saturated heterocycles. The number of likely N-dealkylation sites (tertiary alicyclic amines) is 1. The van der Waals surface area contributed by atoms with E-state index < -0.39 is 35.2 Å². The highest BCUT2D eigenvalue weighted by molar-refractivity contribution is 5.68. The molecule has 1 amide bonds. The summed E-state index contributed by atoms with van der Waals surface area (Å²) >= 11 is 0. The van der Waals surface area contributed by atoms with Crippen LogP contribution in [0.25, 0.3) is 0 Å². The highest BCUT2D eigenvalue weighted by atomic mass is 19.4. The Kier molecular flexibility index (Phi) is 7.55. The van der Waals surface area contributed by atoms with E-state index >= 15 is 0 Å². The van der Waals surface area contributed by atoms with E-state index in [1.165, 1.54) is 0 Å². The smallest absolute Gasteiger partial charge is 0.416 e. The Balaban J connectivity index is 2.08. The topological polar surface area (TPSA) is 41.6 Å². The molecule has 0 spiro atoms. The fraction of sp³-hybridized carbons (Fsp3) is 0.667. The van der Waals surface area contributed by atoms with E-state index in [4.69, 9.17) is 4.74 Å². The highest BCUT2D eigenvalue weighted by Gasteiger charge is 2.37. The maximum absolute atomic E-state index is 13.0. The molecule has 1 aliphatic heterocycles. The van der Waals surface area contributed by atoms with Crippen molar-refractivity contribution in [2.24, 2.45) is 0 Å². The second-order valence-electron chi connectivity index (χ2n) is 8.75. The van der Waals surface area contributed by atoms with Gasteiger partial charge in [-0.1, -0.05) is 6.92 Å². The molecule has 2 atom stereocenters. The van der Waals surface area contributed by atoms with Gasteiger partial charge < -0.3 is 15.0 Å². The number of nitrogens with one attached hydrogen (secondary N) is 1. The fourth-order valence-electron chi connectivity index (χ4n) is 3.57. The number of hydrogen-bond acceptors (Lipinski definition) is 3. The Morgan fingerprint density at radius 3 is 2.06 bits per heavy atom. The Bertz CT molecular complexity index is 738. The summed E-state index contributed by atoms with van der Waals surface area (Å²) in [6.45, 7) is 7.47. The van der Waals surface area contributed by atoms with E-state index in [0.717, 1.165) is 12.1 Å². The van der Waals surface area contributed by atoms with Crippen LogP contribution < -0.4 is 5.32 Å². The maximum atomic E-state index is 13.0. The molecule has 1 aromatic rings. The van der Waals surface area contributed by atoms with Crippen LogP contribution in [-0.4, -0.2) is 35.2 Å². The van der Waals surface area contributed by atoms with Crippen molar-refractivity contribution in [3.05, 3.63) is 34.9 Å². The largest absolute Gasteiger partial charge is 0.444 e. The van der Waals surface area contributed by atoms with Gasteiger partial charge in [0, 0.05) is 25.2 Å². The maximum Gasteiger partial charge on any atom is 0.416 e. The van der Waals surface area contributed by atoms with E-state index in [1.54, 1.807) is 25.7 Å². The van der Waals surface area contributed by atoms with Gasteiger partial charge in [0.2, 0.25) is 0 Å². The monoisotopic (exact) mass is 454 g/mol. The van der Waals surface area contributed by atoms with Crippen LogP contribution >= 0.6 is 0 Å². The number of carbonyl (C=O) groups is 1. The van der Waals surface area contributed by atoms with Crippen molar-refractivity contribution >= 4 is 6.09 Å². The summed E-state index contributed by atoms with van der Waals surface area (Å²) in [7, 11) is 0. The van der Waals surface area contributed by atoms with Crippen LogP contribution in [-0.2, 0) is 23.6 Å². The van der Waals surface area contributed by atoms with Gasteiger partial charge in [0.1, 0.15) is 5.60 Å². The minimum atomic E-state index is -4.87. The van der Waals surface area contributed by atoms with Crippen molar-refractivity contribution < 1.29 is 35.9 Å². The number of piperidine rings is 1. The van der Waals surface area contributed by atoms with Gasteiger partial charge in [0.15, 0.2) is 0 Å². The van der Waals surface area contributed by atoms with E-state index in [0.29, 0.717) is 25.8 Å². The van der Waals surface area contributed by atoms with Crippen LogP contribution in [0.15, 0.2) is 18.2 Å². The van der Waals surface area contributed by atoms with Gasteiger partial charge in [-0.05, 0) is 63.8 Å². The zero-order valence-corrected chi connectivity index (χ0v) is 18.0. The Morgan fingerprint density at radius 1 is 1.06 bits per heavy atom. The Labute approximate surface area is 177 Å². The number of carbonyl (C=O) groups excluding carboxylic acids is 1. The summed E-state index contributed by atoms with van der Waals surface area (Å²) in [4.78, 5) is 14.0. The molecule has 4 nitrogen and oxygen atoms in total. The van der Waals surface area contributed by atoms with Crippen LogP contribution in [0.2, 0.25) is 0 Å². The summed E-state index contributed by atoms with van der Waals surface area (Å²) in [5.41, 5.74) is -3.38. The fourth-order valence-corrected chi connectivity index (χ4v) is 3.57. The molecule has 0 radical (unpaired) electrons. The molecule has 1 N–H and O–H groups in total. The van der Waals surface area contributed by atoms with E-state index in [1.807, 2.05) is 6.92 Å². The van der Waals surface area contributed by atoms with E-state index in [2.05, 4.69) is 5.32 Å². The standard InChI is InChI=1S/C21H28F6N2O2/c1-5-17-11-16(6-7-29(17)18(30)31-19(2,3)4)28-12-13-8-14(20(22,23)24)10-15(9-13)21(25,26)27/h8-10,16-17,28H,5-7,11-12H2,1-4H3. The molecule has 1 aliphatic rings. The van der Waals surface area contributed by atoms with Crippen molar-refractivity contribution in [3.8, 4) is 0 Å². The average Bonchev–Trinajstić information content (AvgIpc) is 2.63. The minimum Gasteiger partial charge on any atom is -0.444 e. The van der Waals surface area contributed by atoms with Crippen molar-refractivity contribution in [1.82, 2.24) is 10.2 Å². The summed E-state index contributed by atoms with van der Waals surface area (Å²) in [5.74, 6) is 0. The predicted octanol–water partition coefficient (Wildman–Crippen LogP) is 5.99. The SMILES string of the molecule is CCC1CC(NCc2cc(C(F)(F)F)cc(C(F)(F)F)c2)CCN1C(=O)OC(C)(C)C. The summed E-state index contributed by atoms with van der Waals surface area (Å²) in [6.07, 6.45) is -8.48. The number of ether oxygens (including phenoxy) is 1. The molecule has 0 aliphatic carbocycles. The lowest BCUT2D eigenvalue weighted by Gasteiger charge is -2.40. The first-order chi connectivity index (χ1) is 14.1. The molecular formula is C21H28F6N2O2. The number of nitrogens with zero attached hydrogens (tertiary/aromatic N) is 1. The van der Waals surface area contributed by atoms with Crippen molar-refractivity contribution in [2.45, 2.75) is 83.5 Å². The second-order valence-corrected chi connectivity index (χ2v) is 8.75. The molecule has 176 valence electrons. The predicted molar refractivity (Wildman–Crippen MR) is 103 cm³/mol. The molecule has 0 bridgehead atoms. The lowest BCUT2D eigenvalue weighted by molar-refractivity contribution is -0.143. The number of halogens is 6. The molecule has 2 rings (SSSR count). The molecule has 1 aromatic carbocycles. The van der Waals surface area contributed by atoms with Crippen LogP contribution in [0.3, 0.4) is 0 Å². The van der Waals surface area contributed by atoms with E-state index in [9.17, 15) is 31.1 Å². The first kappa shape index (κ1) is 25.3. The van der Waals surface area contributed by atoms with Gasteiger partial charge in [-0.3, -0.25) is 0 Å². The summed E-state index contributed by atoms with van der Waals surface area (Å²) in [5, 5.41) is 3.05. The molecule has 2 unspecified atom stereocenters. The molecule has 0 saturated carbocycles. The summed E-state index contributed by atoms with van der Waals surface area (Å²) in [6, 6.07) is 1.31. The number of alkyl halides is 6. The Hall–Kier alpha value is -1.97. The number of amides is 1. The molecular weight excluding hydrogens is 426 g/mol. The third-order valence-electron chi connectivity index (χ3n) is 5.06. The third kappa shape index (κ3) is 7.29. The minimum absolute atomic E-state index is 0.0928. The molecule has 1 heterocycles. The van der Waals surface area contributed by atoms with Gasteiger partial charge in [0.25, 0.3) is 0 Å². The van der Waals surface area contributed by atoms with Crippen LogP contribution in [0.5, 0.6) is 0 Å². The van der Waals surface area contributed by atoms with Gasteiger partial charge in [0.05, 0.1) is 11.1 Å².